The van der Waals surface area contributed by atoms with Crippen LogP contribution in [0.3, 0.4) is 0 Å². The van der Waals surface area contributed by atoms with Crippen LogP contribution in [0, 0.1) is 0 Å². The second-order valence-corrected chi connectivity index (χ2v) is 11.0. The molecular weight excluding hydrogens is 460 g/mol. The van der Waals surface area contributed by atoms with Gasteiger partial charge in [-0.25, -0.2) is 17.7 Å². The third kappa shape index (κ3) is 5.14. The van der Waals surface area contributed by atoms with Crippen molar-refractivity contribution < 1.29 is 13.2 Å². The molecule has 2 saturated heterocycles. The van der Waals surface area contributed by atoms with Gasteiger partial charge in [-0.3, -0.25) is 9.88 Å². The van der Waals surface area contributed by atoms with Crippen molar-refractivity contribution >= 4 is 39.4 Å². The van der Waals surface area contributed by atoms with Crippen molar-refractivity contribution in [2.24, 2.45) is 0 Å². The number of hydrogen-bond donors (Lipinski definition) is 0. The topological polar surface area (TPSA) is 70.6 Å². The number of halogens is 1. The number of carbonyl (C=O) groups is 1. The molecule has 2 fully saturated rings. The number of hydrogen-bond acceptors (Lipinski definition) is 4. The lowest BCUT2D eigenvalue weighted by molar-refractivity contribution is 0.103. The Morgan fingerprint density at radius 3 is 2.36 bits per heavy atom. The highest BCUT2D eigenvalue weighted by atomic mass is 35.5. The smallest absolute Gasteiger partial charge is 0.287 e. The summed E-state index contributed by atoms with van der Waals surface area (Å²) in [5, 5.41) is 1.83. The second-order valence-electron chi connectivity index (χ2n) is 8.76. The van der Waals surface area contributed by atoms with E-state index in [0.717, 1.165) is 43.6 Å². The van der Waals surface area contributed by atoms with Crippen LogP contribution in [0.4, 0.5) is 10.5 Å². The lowest BCUT2D eigenvalue weighted by Gasteiger charge is -2.45. The number of pyridine rings is 1. The molecule has 33 heavy (non-hydrogen) atoms. The lowest BCUT2D eigenvalue weighted by atomic mass is 10.1. The van der Waals surface area contributed by atoms with Crippen LogP contribution in [0.1, 0.15) is 31.7 Å². The number of urea groups is 1. The highest BCUT2D eigenvalue weighted by molar-refractivity contribution is 7.92. The number of amides is 2. The number of rotatable bonds is 4. The Kier molecular flexibility index (Phi) is 7.19. The molecule has 3 heterocycles. The van der Waals surface area contributed by atoms with Crippen LogP contribution >= 0.6 is 11.6 Å². The Morgan fingerprint density at radius 2 is 1.73 bits per heavy atom. The number of piperidine rings is 1. The SMILES string of the molecule is CC1CN(S(=O)(=O)C=Cc2ccc(Cl)cc2)CCN1C(=O)[N+]1(c2ccncc2)CCCCC1. The molecule has 1 unspecified atom stereocenters. The second kappa shape index (κ2) is 9.93. The summed E-state index contributed by atoms with van der Waals surface area (Å²) in [7, 11) is -3.60. The van der Waals surface area contributed by atoms with Gasteiger partial charge < -0.3 is 0 Å². The number of likely N-dealkylation sites (tertiary alicyclic amines) is 1. The molecule has 0 radical (unpaired) electrons. The largest absolute Gasteiger partial charge is 0.424 e. The minimum Gasteiger partial charge on any atom is -0.287 e. The molecule has 9 heteroatoms. The van der Waals surface area contributed by atoms with Crippen LogP contribution in [0.25, 0.3) is 6.08 Å². The van der Waals surface area contributed by atoms with E-state index in [4.69, 9.17) is 11.6 Å². The van der Waals surface area contributed by atoms with Crippen molar-refractivity contribution in [3.63, 3.8) is 0 Å². The predicted molar refractivity (Wildman–Crippen MR) is 132 cm³/mol. The van der Waals surface area contributed by atoms with Gasteiger partial charge in [0.05, 0.1) is 13.1 Å². The minimum atomic E-state index is -3.60. The first kappa shape index (κ1) is 23.9. The zero-order valence-corrected chi connectivity index (χ0v) is 20.4. The highest BCUT2D eigenvalue weighted by Crippen LogP contribution is 2.31. The van der Waals surface area contributed by atoms with Gasteiger partial charge in [-0.2, -0.15) is 4.31 Å². The first-order valence-corrected chi connectivity index (χ1v) is 13.2. The Hall–Kier alpha value is -2.26. The number of nitrogens with zero attached hydrogens (tertiary/aromatic N) is 4. The number of aromatic nitrogens is 1. The van der Waals surface area contributed by atoms with E-state index in [1.807, 2.05) is 24.0 Å². The molecule has 0 bridgehead atoms. The summed E-state index contributed by atoms with van der Waals surface area (Å²) < 4.78 is 27.6. The quantitative estimate of drug-likeness (QED) is 0.598. The van der Waals surface area contributed by atoms with Crippen molar-refractivity contribution in [1.29, 1.82) is 0 Å². The fourth-order valence-corrected chi connectivity index (χ4v) is 6.14. The van der Waals surface area contributed by atoms with Gasteiger partial charge in [0.1, 0.15) is 5.69 Å². The van der Waals surface area contributed by atoms with Gasteiger partial charge in [-0.1, -0.05) is 23.7 Å². The molecule has 2 aromatic rings. The average Bonchev–Trinajstić information content (AvgIpc) is 2.84. The van der Waals surface area contributed by atoms with E-state index >= 15 is 0 Å². The first-order valence-electron chi connectivity index (χ1n) is 11.3. The minimum absolute atomic E-state index is 0.0576. The zero-order valence-electron chi connectivity index (χ0n) is 18.8. The summed E-state index contributed by atoms with van der Waals surface area (Å²) in [5.74, 6) is 0. The van der Waals surface area contributed by atoms with Crippen LogP contribution in [-0.2, 0) is 10.0 Å². The van der Waals surface area contributed by atoms with Gasteiger partial charge in [0.25, 0.3) is 0 Å². The number of quaternary nitrogens is 1. The molecule has 1 atom stereocenters. The Labute approximate surface area is 200 Å². The van der Waals surface area contributed by atoms with Crippen LogP contribution in [0.2, 0.25) is 5.02 Å². The number of benzene rings is 1. The molecule has 0 N–H and O–H groups in total. The summed E-state index contributed by atoms with van der Waals surface area (Å²) >= 11 is 5.90. The van der Waals surface area contributed by atoms with Crippen molar-refractivity contribution in [2.75, 3.05) is 32.7 Å². The predicted octanol–water partition coefficient (Wildman–Crippen LogP) is 4.35. The van der Waals surface area contributed by atoms with Crippen molar-refractivity contribution in [3.05, 3.63) is 64.8 Å². The third-order valence-corrected chi connectivity index (χ3v) is 8.38. The summed E-state index contributed by atoms with van der Waals surface area (Å²) in [6.45, 7) is 4.37. The molecular formula is C24H30ClN4O3S+. The molecule has 0 saturated carbocycles. The van der Waals surface area contributed by atoms with E-state index in [1.54, 1.807) is 42.7 Å². The monoisotopic (exact) mass is 489 g/mol. The Balaban J connectivity index is 1.49. The number of piperazine rings is 1. The third-order valence-electron chi connectivity index (χ3n) is 6.60. The molecule has 1 aromatic heterocycles. The molecule has 2 aliphatic heterocycles. The van der Waals surface area contributed by atoms with E-state index < -0.39 is 10.0 Å². The fourth-order valence-electron chi connectivity index (χ4n) is 4.75. The van der Waals surface area contributed by atoms with Crippen LogP contribution < -0.4 is 4.48 Å². The maximum absolute atomic E-state index is 13.9. The lowest BCUT2D eigenvalue weighted by Crippen LogP contribution is -2.66. The van der Waals surface area contributed by atoms with E-state index in [0.29, 0.717) is 11.6 Å². The van der Waals surface area contributed by atoms with Crippen LogP contribution in [-0.4, -0.2) is 67.4 Å². The average molecular weight is 490 g/mol. The summed E-state index contributed by atoms with van der Waals surface area (Å²) in [6, 6.07) is 10.7. The fraction of sp³-hybridized carbons (Fsp3) is 0.417. The van der Waals surface area contributed by atoms with Crippen LogP contribution in [0.15, 0.2) is 54.2 Å². The molecule has 4 rings (SSSR count). The standard InChI is InChI=1S/C24H30ClN4O3S/c1-20-19-27(33(31,32)18-11-21-5-7-22(25)8-6-21)14-15-28(20)24(30)29(16-3-2-4-17-29)23-9-12-26-13-10-23/h5-13,18,20H,2-4,14-17,19H2,1H3/q+1. The molecule has 0 spiro atoms. The maximum atomic E-state index is 13.9. The summed E-state index contributed by atoms with van der Waals surface area (Å²) in [4.78, 5) is 19.8. The van der Waals surface area contributed by atoms with E-state index in [-0.39, 0.29) is 29.6 Å². The van der Waals surface area contributed by atoms with Crippen molar-refractivity contribution in [2.45, 2.75) is 32.2 Å². The number of sulfonamides is 1. The summed E-state index contributed by atoms with van der Waals surface area (Å²) in [5.41, 5.74) is 1.72. The Morgan fingerprint density at radius 1 is 1.06 bits per heavy atom. The molecule has 2 amide bonds. The highest BCUT2D eigenvalue weighted by Gasteiger charge is 2.46. The van der Waals surface area contributed by atoms with Crippen LogP contribution in [0.5, 0.6) is 0 Å². The van der Waals surface area contributed by atoms with Gasteiger partial charge in [0, 0.05) is 60.6 Å². The maximum Gasteiger partial charge on any atom is 0.424 e. The van der Waals surface area contributed by atoms with Gasteiger partial charge in [-0.15, -0.1) is 0 Å². The molecule has 7 nitrogen and oxygen atoms in total. The van der Waals surface area contributed by atoms with Gasteiger partial charge >= 0.3 is 6.03 Å². The van der Waals surface area contributed by atoms with E-state index in [9.17, 15) is 13.2 Å². The van der Waals surface area contributed by atoms with E-state index in [1.165, 1.54) is 9.71 Å². The summed E-state index contributed by atoms with van der Waals surface area (Å²) in [6.07, 6.45) is 8.15. The van der Waals surface area contributed by atoms with Gasteiger partial charge in [-0.05, 0) is 50.0 Å². The first-order chi connectivity index (χ1) is 15.8. The van der Waals surface area contributed by atoms with E-state index in [2.05, 4.69) is 4.98 Å². The molecule has 176 valence electrons. The molecule has 1 aromatic carbocycles. The van der Waals surface area contributed by atoms with Crippen molar-refractivity contribution in [1.82, 2.24) is 18.7 Å². The molecule has 2 aliphatic rings. The molecule has 0 aliphatic carbocycles. The van der Waals surface area contributed by atoms with Gasteiger partial charge in [0.15, 0.2) is 0 Å². The Bertz CT molecular complexity index is 1100. The normalized spacial score (nSPS) is 21.9. The zero-order chi connectivity index (χ0) is 23.5. The number of carbonyl (C=O) groups excluding carboxylic acids is 1. The van der Waals surface area contributed by atoms with Gasteiger partial charge in [0.2, 0.25) is 10.0 Å². The van der Waals surface area contributed by atoms with Crippen molar-refractivity contribution in [3.8, 4) is 0 Å².